The highest BCUT2D eigenvalue weighted by Gasteiger charge is 2.29. The molecule has 0 unspecified atom stereocenters. The maximum Gasteiger partial charge on any atom is 0.254 e. The number of piperazine rings is 1. The third-order valence-corrected chi connectivity index (χ3v) is 7.46. The molecule has 2 aliphatic rings. The summed E-state index contributed by atoms with van der Waals surface area (Å²) in [5.41, 5.74) is 2.04. The third kappa shape index (κ3) is 6.49. The topological polar surface area (TPSA) is 88.1 Å². The molecule has 2 aromatic carbocycles. The fourth-order valence-corrected chi connectivity index (χ4v) is 5.18. The number of ether oxygens (including phenoxy) is 2. The van der Waals surface area contributed by atoms with Crippen molar-refractivity contribution in [3.63, 3.8) is 0 Å². The van der Waals surface area contributed by atoms with E-state index in [0.29, 0.717) is 61.4 Å². The van der Waals surface area contributed by atoms with Crippen LogP contribution in [0.4, 0.5) is 5.82 Å². The van der Waals surface area contributed by atoms with Gasteiger partial charge in [-0.3, -0.25) is 9.59 Å². The van der Waals surface area contributed by atoms with Crippen molar-refractivity contribution >= 4 is 29.2 Å². The smallest absolute Gasteiger partial charge is 0.254 e. The van der Waals surface area contributed by atoms with Gasteiger partial charge in [0, 0.05) is 50.5 Å². The summed E-state index contributed by atoms with van der Waals surface area (Å²) >= 11 is 6.29. The zero-order valence-corrected chi connectivity index (χ0v) is 22.7. The Kier molecular flexibility index (Phi) is 8.58. The standard InChI is InChI=1S/C29H32ClN5O4/c1-38-22-7-4-6-21(18-22)29(37)35(19-23-8-5-17-39-23)20-28(36)34-15-13-33(14-16-34)27-12-11-26(31-32-27)24-9-2-3-10-25(24)30/h2-4,6-7,9-12,18,23H,5,8,13-17,19-20H2,1H3/t23-/m1/s1. The fourth-order valence-electron chi connectivity index (χ4n) is 4.95. The first kappa shape index (κ1) is 26.9. The molecule has 0 N–H and O–H groups in total. The number of halogens is 1. The molecular formula is C29H32ClN5O4. The van der Waals surface area contributed by atoms with Crippen molar-refractivity contribution in [2.45, 2.75) is 18.9 Å². The predicted octanol–water partition coefficient (Wildman–Crippen LogP) is 3.78. The predicted molar refractivity (Wildman–Crippen MR) is 149 cm³/mol. The van der Waals surface area contributed by atoms with Gasteiger partial charge in [0.25, 0.3) is 5.91 Å². The van der Waals surface area contributed by atoms with Gasteiger partial charge in [-0.05, 0) is 49.2 Å². The van der Waals surface area contributed by atoms with E-state index in [4.69, 9.17) is 21.1 Å². The summed E-state index contributed by atoms with van der Waals surface area (Å²) in [6.45, 7) is 3.39. The molecule has 3 heterocycles. The molecule has 0 bridgehead atoms. The number of hydrogen-bond acceptors (Lipinski definition) is 7. The molecule has 2 aliphatic heterocycles. The minimum Gasteiger partial charge on any atom is -0.497 e. The third-order valence-electron chi connectivity index (χ3n) is 7.13. The maximum absolute atomic E-state index is 13.4. The Morgan fingerprint density at radius 2 is 1.87 bits per heavy atom. The van der Waals surface area contributed by atoms with Gasteiger partial charge in [-0.2, -0.15) is 0 Å². The first-order chi connectivity index (χ1) is 19.0. The van der Waals surface area contributed by atoms with E-state index in [9.17, 15) is 9.59 Å². The average Bonchev–Trinajstić information content (AvgIpc) is 3.50. The number of amides is 2. The number of nitrogens with zero attached hydrogens (tertiary/aromatic N) is 5. The van der Waals surface area contributed by atoms with E-state index in [0.717, 1.165) is 24.2 Å². The molecule has 0 spiro atoms. The van der Waals surface area contributed by atoms with E-state index in [-0.39, 0.29) is 24.5 Å². The van der Waals surface area contributed by atoms with E-state index < -0.39 is 0 Å². The molecule has 0 aliphatic carbocycles. The number of aromatic nitrogens is 2. The van der Waals surface area contributed by atoms with Crippen LogP contribution in [0.25, 0.3) is 11.3 Å². The van der Waals surface area contributed by atoms with E-state index in [1.807, 2.05) is 41.3 Å². The van der Waals surface area contributed by atoms with Crippen LogP contribution in [-0.4, -0.2) is 90.9 Å². The van der Waals surface area contributed by atoms with Crippen LogP contribution in [0.15, 0.2) is 60.7 Å². The quantitative estimate of drug-likeness (QED) is 0.422. The maximum atomic E-state index is 13.4. The molecule has 39 heavy (non-hydrogen) atoms. The largest absolute Gasteiger partial charge is 0.497 e. The Bertz CT molecular complexity index is 1290. The van der Waals surface area contributed by atoms with Gasteiger partial charge in [0.1, 0.15) is 12.3 Å². The van der Waals surface area contributed by atoms with Gasteiger partial charge in [-0.1, -0.05) is 35.9 Å². The molecule has 2 fully saturated rings. The Labute approximate surface area is 233 Å². The molecule has 5 rings (SSSR count). The number of carbonyl (C=O) groups is 2. The van der Waals surface area contributed by atoms with Crippen molar-refractivity contribution < 1.29 is 19.1 Å². The zero-order valence-electron chi connectivity index (χ0n) is 22.0. The highest BCUT2D eigenvalue weighted by molar-refractivity contribution is 6.33. The molecule has 10 heteroatoms. The molecule has 2 saturated heterocycles. The second kappa shape index (κ2) is 12.4. The summed E-state index contributed by atoms with van der Waals surface area (Å²) in [6, 6.07) is 18.4. The molecule has 9 nitrogen and oxygen atoms in total. The van der Waals surface area contributed by atoms with E-state index in [1.165, 1.54) is 0 Å². The molecule has 3 aromatic rings. The van der Waals surface area contributed by atoms with Crippen molar-refractivity contribution in [1.29, 1.82) is 0 Å². The van der Waals surface area contributed by atoms with Gasteiger partial charge in [-0.25, -0.2) is 0 Å². The first-order valence-corrected chi connectivity index (χ1v) is 13.6. The van der Waals surface area contributed by atoms with Crippen molar-refractivity contribution in [3.8, 4) is 17.0 Å². The van der Waals surface area contributed by atoms with Crippen molar-refractivity contribution in [1.82, 2.24) is 20.0 Å². The van der Waals surface area contributed by atoms with Crippen LogP contribution in [0.3, 0.4) is 0 Å². The molecule has 1 atom stereocenters. The summed E-state index contributed by atoms with van der Waals surface area (Å²) in [4.78, 5) is 32.3. The van der Waals surface area contributed by atoms with Crippen LogP contribution in [0.2, 0.25) is 5.02 Å². The van der Waals surface area contributed by atoms with Gasteiger partial charge in [0.2, 0.25) is 5.91 Å². The summed E-state index contributed by atoms with van der Waals surface area (Å²) < 4.78 is 11.1. The van der Waals surface area contributed by atoms with Crippen LogP contribution in [-0.2, 0) is 9.53 Å². The van der Waals surface area contributed by atoms with Crippen molar-refractivity contribution in [2.75, 3.05) is 57.9 Å². The van der Waals surface area contributed by atoms with Gasteiger partial charge in [0.05, 0.1) is 23.9 Å². The summed E-state index contributed by atoms with van der Waals surface area (Å²) in [5.74, 6) is 1.07. The SMILES string of the molecule is COc1cccc(C(=O)N(CC(=O)N2CCN(c3ccc(-c4ccccc4Cl)nn3)CC2)C[C@H]2CCCO2)c1. The molecule has 204 valence electrons. The molecule has 0 radical (unpaired) electrons. The summed E-state index contributed by atoms with van der Waals surface area (Å²) in [5, 5.41) is 9.40. The van der Waals surface area contributed by atoms with Crippen LogP contribution in [0.5, 0.6) is 5.75 Å². The zero-order chi connectivity index (χ0) is 27.2. The highest BCUT2D eigenvalue weighted by Crippen LogP contribution is 2.26. The minimum absolute atomic E-state index is 0.00222. The van der Waals surface area contributed by atoms with Gasteiger partial charge < -0.3 is 24.2 Å². The fraction of sp³-hybridized carbons (Fsp3) is 0.379. The van der Waals surface area contributed by atoms with Crippen LogP contribution in [0.1, 0.15) is 23.2 Å². The van der Waals surface area contributed by atoms with Crippen molar-refractivity contribution in [3.05, 3.63) is 71.2 Å². The van der Waals surface area contributed by atoms with Gasteiger partial charge in [0.15, 0.2) is 5.82 Å². The number of rotatable bonds is 8. The first-order valence-electron chi connectivity index (χ1n) is 13.2. The molecule has 1 aromatic heterocycles. The van der Waals surface area contributed by atoms with E-state index >= 15 is 0 Å². The summed E-state index contributed by atoms with van der Waals surface area (Å²) in [7, 11) is 1.57. The molecular weight excluding hydrogens is 518 g/mol. The van der Waals surface area contributed by atoms with Crippen LogP contribution < -0.4 is 9.64 Å². The Morgan fingerprint density at radius 1 is 1.05 bits per heavy atom. The van der Waals surface area contributed by atoms with Crippen LogP contribution >= 0.6 is 11.6 Å². The normalized spacial score (nSPS) is 17.2. The minimum atomic E-state index is -0.203. The number of anilines is 1. The lowest BCUT2D eigenvalue weighted by molar-refractivity contribution is -0.132. The number of hydrogen-bond donors (Lipinski definition) is 0. The molecule has 2 amide bonds. The average molecular weight is 550 g/mol. The lowest BCUT2D eigenvalue weighted by Gasteiger charge is -2.36. The van der Waals surface area contributed by atoms with Gasteiger partial charge >= 0.3 is 0 Å². The number of methoxy groups -OCH3 is 1. The van der Waals surface area contributed by atoms with Crippen LogP contribution in [0, 0.1) is 0 Å². The lowest BCUT2D eigenvalue weighted by atomic mass is 10.1. The Morgan fingerprint density at radius 3 is 2.56 bits per heavy atom. The second-order valence-electron chi connectivity index (χ2n) is 9.68. The number of benzene rings is 2. The second-order valence-corrected chi connectivity index (χ2v) is 10.1. The Hall–Kier alpha value is -3.69. The van der Waals surface area contributed by atoms with E-state index in [2.05, 4.69) is 15.1 Å². The van der Waals surface area contributed by atoms with E-state index in [1.54, 1.807) is 36.3 Å². The summed E-state index contributed by atoms with van der Waals surface area (Å²) in [6.07, 6.45) is 1.78. The highest BCUT2D eigenvalue weighted by atomic mass is 35.5. The van der Waals surface area contributed by atoms with Gasteiger partial charge in [-0.15, -0.1) is 10.2 Å². The Balaban J connectivity index is 1.21. The monoisotopic (exact) mass is 549 g/mol. The van der Waals surface area contributed by atoms with Crippen molar-refractivity contribution in [2.24, 2.45) is 0 Å². The lowest BCUT2D eigenvalue weighted by Crippen LogP contribution is -2.52. The number of carbonyl (C=O) groups excluding carboxylic acids is 2. The molecule has 0 saturated carbocycles.